The average Bonchev–Trinajstić information content (AvgIpc) is 2.48. The number of nitrogens with two attached hydrogens (primary N) is 1. The lowest BCUT2D eigenvalue weighted by molar-refractivity contribution is -0.123. The van der Waals surface area contributed by atoms with Crippen molar-refractivity contribution in [2.24, 2.45) is 5.73 Å². The average molecular weight is 350 g/mol. The van der Waals surface area contributed by atoms with Gasteiger partial charge < -0.3 is 11.1 Å². The Bertz CT molecular complexity index is 727. The Labute approximate surface area is 145 Å². The van der Waals surface area contributed by atoms with Crippen molar-refractivity contribution < 1.29 is 18.0 Å². The third-order valence-corrected chi connectivity index (χ3v) is 3.86. The van der Waals surface area contributed by atoms with Crippen LogP contribution in [0.2, 0.25) is 0 Å². The van der Waals surface area contributed by atoms with Gasteiger partial charge in [0.2, 0.25) is 5.91 Å². The Balaban J connectivity index is 2.29. The largest absolute Gasteiger partial charge is 0.349 e. The van der Waals surface area contributed by atoms with Crippen molar-refractivity contribution in [1.82, 2.24) is 5.32 Å². The SMILES string of the molecule is CC(N)C(=O)NC(C)(Cc1ccc(F)cc1)Cc1cc(F)cc(F)c1. The van der Waals surface area contributed by atoms with E-state index in [0.717, 1.165) is 11.6 Å². The molecule has 0 saturated heterocycles. The van der Waals surface area contributed by atoms with Gasteiger partial charge in [-0.25, -0.2) is 13.2 Å². The molecule has 2 aromatic rings. The molecule has 3 nitrogen and oxygen atoms in total. The van der Waals surface area contributed by atoms with Crippen LogP contribution in [0.25, 0.3) is 0 Å². The standard InChI is InChI=1S/C19H21F3N2O/c1-12(23)18(25)24-19(2,10-13-3-5-15(20)6-4-13)11-14-7-16(21)9-17(22)8-14/h3-9,12H,10-11,23H2,1-2H3,(H,24,25). The Kier molecular flexibility index (Phi) is 5.85. The van der Waals surface area contributed by atoms with Crippen LogP contribution in [0.5, 0.6) is 0 Å². The number of hydrogen-bond acceptors (Lipinski definition) is 2. The van der Waals surface area contributed by atoms with E-state index in [2.05, 4.69) is 5.32 Å². The predicted molar refractivity (Wildman–Crippen MR) is 90.4 cm³/mol. The quantitative estimate of drug-likeness (QED) is 0.841. The van der Waals surface area contributed by atoms with Crippen LogP contribution in [0.1, 0.15) is 25.0 Å². The maximum atomic E-state index is 13.5. The summed E-state index contributed by atoms with van der Waals surface area (Å²) in [7, 11) is 0. The Morgan fingerprint density at radius 1 is 1.00 bits per heavy atom. The minimum absolute atomic E-state index is 0.192. The van der Waals surface area contributed by atoms with Gasteiger partial charge in [0.25, 0.3) is 0 Å². The van der Waals surface area contributed by atoms with Crippen LogP contribution in [0, 0.1) is 17.5 Å². The van der Waals surface area contributed by atoms with Gasteiger partial charge in [-0.3, -0.25) is 4.79 Å². The minimum Gasteiger partial charge on any atom is -0.349 e. The molecule has 0 fully saturated rings. The highest BCUT2D eigenvalue weighted by atomic mass is 19.1. The van der Waals surface area contributed by atoms with Crippen molar-refractivity contribution >= 4 is 5.91 Å². The Morgan fingerprint density at radius 2 is 1.52 bits per heavy atom. The predicted octanol–water partition coefficient (Wildman–Crippen LogP) is 3.11. The molecule has 2 unspecified atom stereocenters. The fourth-order valence-corrected chi connectivity index (χ4v) is 2.78. The maximum Gasteiger partial charge on any atom is 0.237 e. The van der Waals surface area contributed by atoms with Crippen LogP contribution in [0.3, 0.4) is 0 Å². The normalized spacial score (nSPS) is 14.6. The van der Waals surface area contributed by atoms with E-state index in [1.807, 2.05) is 0 Å². The monoisotopic (exact) mass is 350 g/mol. The van der Waals surface area contributed by atoms with Crippen molar-refractivity contribution in [2.45, 2.75) is 38.3 Å². The molecule has 0 saturated carbocycles. The van der Waals surface area contributed by atoms with E-state index in [1.165, 1.54) is 24.3 Å². The molecule has 0 bridgehead atoms. The second-order valence-corrected chi connectivity index (χ2v) is 6.60. The summed E-state index contributed by atoms with van der Waals surface area (Å²) >= 11 is 0. The van der Waals surface area contributed by atoms with E-state index in [4.69, 9.17) is 5.73 Å². The molecule has 2 rings (SSSR count). The molecule has 0 spiro atoms. The summed E-state index contributed by atoms with van der Waals surface area (Å²) in [5.74, 6) is -2.10. The van der Waals surface area contributed by atoms with Crippen LogP contribution < -0.4 is 11.1 Å². The molecule has 25 heavy (non-hydrogen) atoms. The fraction of sp³-hybridized carbons (Fsp3) is 0.316. The van der Waals surface area contributed by atoms with Crippen LogP contribution in [0.4, 0.5) is 13.2 Å². The molecule has 2 atom stereocenters. The highest BCUT2D eigenvalue weighted by Gasteiger charge is 2.29. The summed E-state index contributed by atoms with van der Waals surface area (Å²) < 4.78 is 40.1. The molecule has 0 aliphatic rings. The molecule has 0 aliphatic carbocycles. The first kappa shape index (κ1) is 19.0. The summed E-state index contributed by atoms with van der Waals surface area (Å²) in [6, 6.07) is 8.39. The molecule has 1 amide bonds. The topological polar surface area (TPSA) is 55.1 Å². The number of rotatable bonds is 6. The number of carbonyl (C=O) groups is 1. The number of nitrogens with one attached hydrogen (secondary N) is 1. The number of benzene rings is 2. The van der Waals surface area contributed by atoms with Crippen LogP contribution in [-0.2, 0) is 17.6 Å². The lowest BCUT2D eigenvalue weighted by Crippen LogP contribution is -2.53. The van der Waals surface area contributed by atoms with E-state index < -0.39 is 23.2 Å². The molecular formula is C19H21F3N2O. The van der Waals surface area contributed by atoms with Gasteiger partial charge in [0.05, 0.1) is 6.04 Å². The van der Waals surface area contributed by atoms with E-state index in [9.17, 15) is 18.0 Å². The van der Waals surface area contributed by atoms with Crippen LogP contribution >= 0.6 is 0 Å². The minimum atomic E-state index is -0.844. The molecule has 2 aromatic carbocycles. The fourth-order valence-electron chi connectivity index (χ4n) is 2.78. The van der Waals surface area contributed by atoms with Crippen molar-refractivity contribution in [3.05, 3.63) is 71.0 Å². The van der Waals surface area contributed by atoms with Crippen molar-refractivity contribution in [2.75, 3.05) is 0 Å². The van der Waals surface area contributed by atoms with E-state index in [-0.39, 0.29) is 18.1 Å². The third-order valence-electron chi connectivity index (χ3n) is 3.86. The first-order chi connectivity index (χ1) is 11.7. The highest BCUT2D eigenvalue weighted by molar-refractivity contribution is 5.81. The Hall–Kier alpha value is -2.34. The second-order valence-electron chi connectivity index (χ2n) is 6.60. The number of hydrogen-bond donors (Lipinski definition) is 2. The van der Waals surface area contributed by atoms with Gasteiger partial charge in [-0.2, -0.15) is 0 Å². The van der Waals surface area contributed by atoms with Crippen molar-refractivity contribution in [1.29, 1.82) is 0 Å². The first-order valence-electron chi connectivity index (χ1n) is 7.94. The smallest absolute Gasteiger partial charge is 0.237 e. The van der Waals surface area contributed by atoms with Gasteiger partial charge in [-0.15, -0.1) is 0 Å². The molecule has 0 aliphatic heterocycles. The van der Waals surface area contributed by atoms with Gasteiger partial charge in [-0.05, 0) is 62.1 Å². The number of halogens is 3. The highest BCUT2D eigenvalue weighted by Crippen LogP contribution is 2.21. The number of carbonyl (C=O) groups excluding carboxylic acids is 1. The van der Waals surface area contributed by atoms with Gasteiger partial charge in [0.15, 0.2) is 0 Å². The zero-order valence-electron chi connectivity index (χ0n) is 14.2. The van der Waals surface area contributed by atoms with Gasteiger partial charge in [0, 0.05) is 11.6 Å². The summed E-state index contributed by atoms with van der Waals surface area (Å²) in [4.78, 5) is 12.1. The molecular weight excluding hydrogens is 329 g/mol. The van der Waals surface area contributed by atoms with Crippen LogP contribution in [0.15, 0.2) is 42.5 Å². The van der Waals surface area contributed by atoms with E-state index >= 15 is 0 Å². The van der Waals surface area contributed by atoms with Crippen LogP contribution in [-0.4, -0.2) is 17.5 Å². The van der Waals surface area contributed by atoms with E-state index in [0.29, 0.717) is 12.0 Å². The second kappa shape index (κ2) is 7.70. The molecule has 0 radical (unpaired) electrons. The lowest BCUT2D eigenvalue weighted by Gasteiger charge is -2.32. The first-order valence-corrected chi connectivity index (χ1v) is 7.94. The zero-order valence-corrected chi connectivity index (χ0v) is 14.2. The lowest BCUT2D eigenvalue weighted by atomic mass is 9.86. The van der Waals surface area contributed by atoms with Crippen molar-refractivity contribution in [3.63, 3.8) is 0 Å². The zero-order chi connectivity index (χ0) is 18.6. The van der Waals surface area contributed by atoms with E-state index in [1.54, 1.807) is 26.0 Å². The summed E-state index contributed by atoms with van der Waals surface area (Å²) in [5, 5.41) is 2.84. The molecule has 134 valence electrons. The maximum absolute atomic E-state index is 13.5. The summed E-state index contributed by atoms with van der Waals surface area (Å²) in [6.45, 7) is 3.31. The number of amides is 1. The molecule has 0 aromatic heterocycles. The van der Waals surface area contributed by atoms with Gasteiger partial charge >= 0.3 is 0 Å². The van der Waals surface area contributed by atoms with Gasteiger partial charge in [-0.1, -0.05) is 12.1 Å². The molecule has 3 N–H and O–H groups in total. The third kappa shape index (κ3) is 5.60. The van der Waals surface area contributed by atoms with Crippen molar-refractivity contribution in [3.8, 4) is 0 Å². The molecule has 6 heteroatoms. The summed E-state index contributed by atoms with van der Waals surface area (Å²) in [6.07, 6.45) is 0.543. The Morgan fingerprint density at radius 3 is 2.04 bits per heavy atom. The van der Waals surface area contributed by atoms with Gasteiger partial charge in [0.1, 0.15) is 17.5 Å². The summed E-state index contributed by atoms with van der Waals surface area (Å²) in [5.41, 5.74) is 5.96. The molecule has 0 heterocycles.